The predicted octanol–water partition coefficient (Wildman–Crippen LogP) is 4.07. The molecule has 1 aliphatic heterocycles. The van der Waals surface area contributed by atoms with E-state index in [1.165, 1.54) is 0 Å². The third-order valence-corrected chi connectivity index (χ3v) is 5.67. The zero-order valence-corrected chi connectivity index (χ0v) is 17.3. The molecule has 4 rings (SSSR count). The summed E-state index contributed by atoms with van der Waals surface area (Å²) >= 11 is 0. The van der Waals surface area contributed by atoms with Crippen molar-refractivity contribution in [2.24, 2.45) is 5.92 Å². The number of aromatic amines is 1. The monoisotopic (exact) mass is 408 g/mol. The largest absolute Gasteiger partial charge is 0.381 e. The molecule has 1 saturated heterocycles. The standard InChI is InChI=1S/C22H28N6O2/c1-14(17-8-10-30-11-9-17)24-21-18-13-23-20(12-19(18)27-28-21)26-22(29)25-15(2)16-6-4-3-5-7-16/h3-7,12-15,17H,8-11H2,1-2H3,(H2,24,27,28)(H2,23,25,26,29)/t14?,15-/m1/s1. The number of hydrogen-bond donors (Lipinski definition) is 4. The minimum atomic E-state index is -0.302. The second-order valence-electron chi connectivity index (χ2n) is 7.80. The molecule has 8 nitrogen and oxygen atoms in total. The quantitative estimate of drug-likeness (QED) is 0.492. The molecular formula is C22H28N6O2. The molecule has 3 heterocycles. The van der Waals surface area contributed by atoms with Gasteiger partial charge in [0.2, 0.25) is 0 Å². The lowest BCUT2D eigenvalue weighted by Gasteiger charge is -2.28. The summed E-state index contributed by atoms with van der Waals surface area (Å²) in [6, 6.07) is 11.5. The van der Waals surface area contributed by atoms with Gasteiger partial charge in [-0.1, -0.05) is 30.3 Å². The fraction of sp³-hybridized carbons (Fsp3) is 0.409. The number of H-pyrrole nitrogens is 1. The number of hydrogen-bond acceptors (Lipinski definition) is 5. The first-order valence-electron chi connectivity index (χ1n) is 10.4. The van der Waals surface area contributed by atoms with Crippen molar-refractivity contribution >= 4 is 28.6 Å². The molecule has 1 aliphatic rings. The van der Waals surface area contributed by atoms with E-state index in [1.807, 2.05) is 37.3 Å². The molecule has 2 atom stereocenters. The minimum absolute atomic E-state index is 0.107. The van der Waals surface area contributed by atoms with Crippen molar-refractivity contribution in [3.05, 3.63) is 48.2 Å². The van der Waals surface area contributed by atoms with Gasteiger partial charge in [-0.15, -0.1) is 0 Å². The topological polar surface area (TPSA) is 104 Å². The Kier molecular flexibility index (Phi) is 6.13. The molecule has 0 radical (unpaired) electrons. The summed E-state index contributed by atoms with van der Waals surface area (Å²) in [6.45, 7) is 5.76. The van der Waals surface area contributed by atoms with Gasteiger partial charge in [0.05, 0.1) is 16.9 Å². The number of aromatic nitrogens is 3. The molecule has 2 aromatic heterocycles. The fourth-order valence-corrected chi connectivity index (χ4v) is 3.81. The molecule has 2 amide bonds. The van der Waals surface area contributed by atoms with Crippen molar-refractivity contribution in [3.63, 3.8) is 0 Å². The van der Waals surface area contributed by atoms with Crippen molar-refractivity contribution < 1.29 is 9.53 Å². The van der Waals surface area contributed by atoms with E-state index < -0.39 is 0 Å². The molecule has 0 spiro atoms. The Morgan fingerprint density at radius 1 is 1.20 bits per heavy atom. The highest BCUT2D eigenvalue weighted by Crippen LogP contribution is 2.26. The van der Waals surface area contributed by atoms with E-state index in [4.69, 9.17) is 4.74 Å². The van der Waals surface area contributed by atoms with Gasteiger partial charge in [-0.2, -0.15) is 5.10 Å². The molecule has 0 saturated carbocycles. The van der Waals surface area contributed by atoms with Crippen molar-refractivity contribution in [2.45, 2.75) is 38.8 Å². The van der Waals surface area contributed by atoms with Crippen LogP contribution in [0.3, 0.4) is 0 Å². The van der Waals surface area contributed by atoms with E-state index in [9.17, 15) is 4.79 Å². The van der Waals surface area contributed by atoms with Gasteiger partial charge < -0.3 is 15.4 Å². The normalized spacial score (nSPS) is 16.7. The van der Waals surface area contributed by atoms with E-state index in [1.54, 1.807) is 12.3 Å². The average Bonchev–Trinajstić information content (AvgIpc) is 3.16. The third-order valence-electron chi connectivity index (χ3n) is 5.67. The number of urea groups is 1. The molecule has 30 heavy (non-hydrogen) atoms. The lowest BCUT2D eigenvalue weighted by molar-refractivity contribution is 0.0622. The second kappa shape index (κ2) is 9.13. The highest BCUT2D eigenvalue weighted by atomic mass is 16.5. The first-order valence-corrected chi connectivity index (χ1v) is 10.4. The Morgan fingerprint density at radius 3 is 2.73 bits per heavy atom. The van der Waals surface area contributed by atoms with Gasteiger partial charge in [0.25, 0.3) is 0 Å². The van der Waals surface area contributed by atoms with E-state index in [-0.39, 0.29) is 12.1 Å². The number of amides is 2. The Balaban J connectivity index is 1.38. The average molecular weight is 409 g/mol. The van der Waals surface area contributed by atoms with Gasteiger partial charge in [0, 0.05) is 31.5 Å². The van der Waals surface area contributed by atoms with Crippen molar-refractivity contribution in [3.8, 4) is 0 Å². The predicted molar refractivity (Wildman–Crippen MR) is 118 cm³/mol. The van der Waals surface area contributed by atoms with Gasteiger partial charge in [0.1, 0.15) is 5.82 Å². The lowest BCUT2D eigenvalue weighted by Crippen LogP contribution is -2.31. The van der Waals surface area contributed by atoms with Crippen molar-refractivity contribution in [2.75, 3.05) is 23.8 Å². The Labute approximate surface area is 175 Å². The second-order valence-corrected chi connectivity index (χ2v) is 7.80. The first-order chi connectivity index (χ1) is 14.6. The number of nitrogens with zero attached hydrogens (tertiary/aromatic N) is 2. The van der Waals surface area contributed by atoms with E-state index in [0.717, 1.165) is 48.3 Å². The third kappa shape index (κ3) is 4.71. The summed E-state index contributed by atoms with van der Waals surface area (Å²) in [5.74, 6) is 1.81. The van der Waals surface area contributed by atoms with Gasteiger partial charge in [-0.05, 0) is 38.2 Å². The fourth-order valence-electron chi connectivity index (χ4n) is 3.81. The summed E-state index contributed by atoms with van der Waals surface area (Å²) in [5, 5.41) is 17.5. The van der Waals surface area contributed by atoms with Crippen LogP contribution < -0.4 is 16.0 Å². The molecule has 158 valence electrons. The molecule has 1 fully saturated rings. The van der Waals surface area contributed by atoms with Crippen LogP contribution in [0.25, 0.3) is 10.9 Å². The maximum Gasteiger partial charge on any atom is 0.320 e. The number of carbonyl (C=O) groups excluding carboxylic acids is 1. The number of carbonyl (C=O) groups is 1. The maximum atomic E-state index is 12.3. The molecule has 1 aromatic carbocycles. The molecule has 0 aliphatic carbocycles. The number of ether oxygens (including phenoxy) is 1. The molecular weight excluding hydrogens is 380 g/mol. The number of fused-ring (bicyclic) bond motifs is 1. The van der Waals surface area contributed by atoms with Crippen LogP contribution in [0.5, 0.6) is 0 Å². The van der Waals surface area contributed by atoms with Gasteiger partial charge in [-0.3, -0.25) is 10.4 Å². The number of benzene rings is 1. The molecule has 1 unspecified atom stereocenters. The highest BCUT2D eigenvalue weighted by Gasteiger charge is 2.22. The molecule has 0 bridgehead atoms. The molecule has 8 heteroatoms. The van der Waals surface area contributed by atoms with E-state index >= 15 is 0 Å². The van der Waals surface area contributed by atoms with Crippen LogP contribution in [-0.2, 0) is 4.74 Å². The van der Waals surface area contributed by atoms with E-state index in [2.05, 4.69) is 38.1 Å². The van der Waals surface area contributed by atoms with Crippen LogP contribution in [0.1, 0.15) is 38.3 Å². The first kappa shape index (κ1) is 20.2. The Morgan fingerprint density at radius 2 is 1.97 bits per heavy atom. The summed E-state index contributed by atoms with van der Waals surface area (Å²) in [7, 11) is 0. The Hall–Kier alpha value is -3.13. The van der Waals surface area contributed by atoms with Crippen molar-refractivity contribution in [1.82, 2.24) is 20.5 Å². The summed E-state index contributed by atoms with van der Waals surface area (Å²) in [6.07, 6.45) is 3.84. The van der Waals surface area contributed by atoms with Crippen LogP contribution in [-0.4, -0.2) is 40.5 Å². The summed E-state index contributed by atoms with van der Waals surface area (Å²) in [5.41, 5.74) is 1.86. The smallest absolute Gasteiger partial charge is 0.320 e. The summed E-state index contributed by atoms with van der Waals surface area (Å²) < 4.78 is 5.45. The maximum absolute atomic E-state index is 12.3. The van der Waals surface area contributed by atoms with Gasteiger partial charge >= 0.3 is 6.03 Å². The van der Waals surface area contributed by atoms with Gasteiger partial charge in [0.15, 0.2) is 5.82 Å². The van der Waals surface area contributed by atoms with Crippen LogP contribution >= 0.6 is 0 Å². The van der Waals surface area contributed by atoms with E-state index in [0.29, 0.717) is 17.8 Å². The lowest BCUT2D eigenvalue weighted by atomic mass is 9.93. The SMILES string of the molecule is CC(Nc1n[nH]c2cc(NC(=O)N[C@H](C)c3ccccc3)ncc12)C1CCOCC1. The van der Waals surface area contributed by atoms with Crippen LogP contribution in [0.2, 0.25) is 0 Å². The minimum Gasteiger partial charge on any atom is -0.381 e. The number of nitrogens with one attached hydrogen (secondary N) is 4. The Bertz CT molecular complexity index is 984. The van der Waals surface area contributed by atoms with Crippen LogP contribution in [0.4, 0.5) is 16.4 Å². The summed E-state index contributed by atoms with van der Waals surface area (Å²) in [4.78, 5) is 16.7. The van der Waals surface area contributed by atoms with Gasteiger partial charge in [-0.25, -0.2) is 9.78 Å². The van der Waals surface area contributed by atoms with Crippen LogP contribution in [0, 0.1) is 5.92 Å². The highest BCUT2D eigenvalue weighted by molar-refractivity contribution is 5.94. The molecule has 4 N–H and O–H groups in total. The number of anilines is 2. The zero-order valence-electron chi connectivity index (χ0n) is 17.3. The zero-order chi connectivity index (χ0) is 20.9. The van der Waals surface area contributed by atoms with Crippen LogP contribution in [0.15, 0.2) is 42.6 Å². The molecule has 3 aromatic rings. The number of pyridine rings is 1. The van der Waals surface area contributed by atoms with Crippen molar-refractivity contribution in [1.29, 1.82) is 0 Å². The number of rotatable bonds is 6.